The number of rotatable bonds is 5. The van der Waals surface area contributed by atoms with Crippen LogP contribution in [-0.2, 0) is 9.59 Å². The largest absolute Gasteiger partial charge is 0.353 e. The van der Waals surface area contributed by atoms with Crippen LogP contribution < -0.4 is 5.32 Å². The molecule has 1 saturated heterocycles. The van der Waals surface area contributed by atoms with E-state index in [1.807, 2.05) is 4.90 Å². The molecule has 0 radical (unpaired) electrons. The standard InChI is InChI=1S/C11H17BrN2O2/c12-9-5-7-14(11(9)16)6-1-2-10(15)13-8-3-4-8/h8-9H,1-7H2,(H,13,15). The fourth-order valence-corrected chi connectivity index (χ4v) is 2.38. The number of likely N-dealkylation sites (tertiary alicyclic amines) is 1. The monoisotopic (exact) mass is 288 g/mol. The Morgan fingerprint density at radius 3 is 2.75 bits per heavy atom. The number of hydrogen-bond acceptors (Lipinski definition) is 2. The summed E-state index contributed by atoms with van der Waals surface area (Å²) in [5, 5.41) is 2.95. The minimum atomic E-state index is -0.00668. The van der Waals surface area contributed by atoms with E-state index in [2.05, 4.69) is 21.2 Å². The van der Waals surface area contributed by atoms with Gasteiger partial charge in [0.2, 0.25) is 11.8 Å². The van der Waals surface area contributed by atoms with Crippen molar-refractivity contribution >= 4 is 27.7 Å². The van der Waals surface area contributed by atoms with Crippen LogP contribution in [0.15, 0.2) is 0 Å². The zero-order valence-corrected chi connectivity index (χ0v) is 10.8. The summed E-state index contributed by atoms with van der Waals surface area (Å²) in [5.41, 5.74) is 0. The average molecular weight is 289 g/mol. The van der Waals surface area contributed by atoms with Gasteiger partial charge in [-0.3, -0.25) is 9.59 Å². The summed E-state index contributed by atoms with van der Waals surface area (Å²) in [6.45, 7) is 1.53. The average Bonchev–Trinajstić information content (AvgIpc) is 3.00. The zero-order chi connectivity index (χ0) is 11.5. The molecule has 0 aromatic heterocycles. The van der Waals surface area contributed by atoms with E-state index in [1.54, 1.807) is 0 Å². The van der Waals surface area contributed by atoms with E-state index >= 15 is 0 Å². The molecule has 4 nitrogen and oxygen atoms in total. The third-order valence-electron chi connectivity index (χ3n) is 3.01. The van der Waals surface area contributed by atoms with Crippen molar-refractivity contribution in [1.29, 1.82) is 0 Å². The van der Waals surface area contributed by atoms with Crippen LogP contribution in [-0.4, -0.2) is 40.7 Å². The Balaban J connectivity index is 1.60. The number of carbonyl (C=O) groups is 2. The van der Waals surface area contributed by atoms with E-state index in [0.29, 0.717) is 19.0 Å². The van der Waals surface area contributed by atoms with Crippen molar-refractivity contribution < 1.29 is 9.59 Å². The van der Waals surface area contributed by atoms with Gasteiger partial charge in [0, 0.05) is 25.6 Å². The van der Waals surface area contributed by atoms with E-state index < -0.39 is 0 Å². The van der Waals surface area contributed by atoms with Crippen LogP contribution in [0.2, 0.25) is 0 Å². The first-order valence-corrected chi connectivity index (χ1v) is 6.80. The quantitative estimate of drug-likeness (QED) is 0.769. The summed E-state index contributed by atoms with van der Waals surface area (Å²) in [5.74, 6) is 0.298. The molecule has 2 amide bonds. The van der Waals surface area contributed by atoms with Crippen molar-refractivity contribution in [2.45, 2.75) is 43.0 Å². The predicted octanol–water partition coefficient (Wildman–Crippen LogP) is 1.04. The highest BCUT2D eigenvalue weighted by Crippen LogP contribution is 2.20. The number of alkyl halides is 1. The minimum Gasteiger partial charge on any atom is -0.353 e. The van der Waals surface area contributed by atoms with Crippen LogP contribution in [0.25, 0.3) is 0 Å². The van der Waals surface area contributed by atoms with E-state index in [-0.39, 0.29) is 16.6 Å². The van der Waals surface area contributed by atoms with Gasteiger partial charge >= 0.3 is 0 Å². The first-order valence-electron chi connectivity index (χ1n) is 5.89. The predicted molar refractivity (Wildman–Crippen MR) is 64.3 cm³/mol. The Kier molecular flexibility index (Phi) is 3.84. The van der Waals surface area contributed by atoms with Crippen LogP contribution in [0.1, 0.15) is 32.1 Å². The number of nitrogens with one attached hydrogen (secondary N) is 1. The van der Waals surface area contributed by atoms with Gasteiger partial charge in [0.25, 0.3) is 0 Å². The molecule has 90 valence electrons. The third-order valence-corrected chi connectivity index (χ3v) is 3.86. The maximum absolute atomic E-state index is 11.5. The Morgan fingerprint density at radius 2 is 2.19 bits per heavy atom. The normalized spacial score (nSPS) is 24.9. The van der Waals surface area contributed by atoms with Crippen LogP contribution in [0, 0.1) is 0 Å². The van der Waals surface area contributed by atoms with Crippen LogP contribution >= 0.6 is 15.9 Å². The van der Waals surface area contributed by atoms with Gasteiger partial charge in [-0.1, -0.05) is 15.9 Å². The SMILES string of the molecule is O=C(CCCN1CCC(Br)C1=O)NC1CC1. The van der Waals surface area contributed by atoms with E-state index in [1.165, 1.54) is 0 Å². The second kappa shape index (κ2) is 5.17. The van der Waals surface area contributed by atoms with Gasteiger partial charge in [0.1, 0.15) is 0 Å². The van der Waals surface area contributed by atoms with Gasteiger partial charge in [-0.05, 0) is 25.7 Å². The number of nitrogens with zero attached hydrogens (tertiary/aromatic N) is 1. The van der Waals surface area contributed by atoms with Crippen molar-refractivity contribution in [1.82, 2.24) is 10.2 Å². The lowest BCUT2D eigenvalue weighted by molar-refractivity contribution is -0.128. The first-order chi connectivity index (χ1) is 7.66. The summed E-state index contributed by atoms with van der Waals surface area (Å²) in [6, 6.07) is 0.438. The van der Waals surface area contributed by atoms with Crippen molar-refractivity contribution in [3.8, 4) is 0 Å². The molecule has 0 aromatic carbocycles. The highest BCUT2D eigenvalue weighted by atomic mass is 79.9. The minimum absolute atomic E-state index is 0.00668. The van der Waals surface area contributed by atoms with Crippen molar-refractivity contribution in [2.75, 3.05) is 13.1 Å². The molecule has 1 aliphatic heterocycles. The topological polar surface area (TPSA) is 49.4 Å². The Morgan fingerprint density at radius 1 is 1.44 bits per heavy atom. The maximum Gasteiger partial charge on any atom is 0.236 e. The summed E-state index contributed by atoms with van der Waals surface area (Å²) in [6.07, 6.45) is 4.44. The number of carbonyl (C=O) groups excluding carboxylic acids is 2. The molecule has 1 unspecified atom stereocenters. The second-order valence-electron chi connectivity index (χ2n) is 4.53. The zero-order valence-electron chi connectivity index (χ0n) is 9.25. The highest BCUT2D eigenvalue weighted by molar-refractivity contribution is 9.10. The molecular formula is C11H17BrN2O2. The van der Waals surface area contributed by atoms with Crippen LogP contribution in [0.5, 0.6) is 0 Å². The summed E-state index contributed by atoms with van der Waals surface area (Å²) in [4.78, 5) is 24.8. The molecule has 0 spiro atoms. The molecule has 2 fully saturated rings. The first kappa shape index (κ1) is 11.9. The summed E-state index contributed by atoms with van der Waals surface area (Å²) < 4.78 is 0. The molecule has 0 bridgehead atoms. The van der Waals surface area contributed by atoms with Crippen molar-refractivity contribution in [3.05, 3.63) is 0 Å². The smallest absolute Gasteiger partial charge is 0.236 e. The molecule has 2 aliphatic rings. The summed E-state index contributed by atoms with van der Waals surface area (Å²) >= 11 is 3.34. The van der Waals surface area contributed by atoms with Gasteiger partial charge in [0.15, 0.2) is 0 Å². The van der Waals surface area contributed by atoms with E-state index in [9.17, 15) is 9.59 Å². The second-order valence-corrected chi connectivity index (χ2v) is 5.63. The fourth-order valence-electron chi connectivity index (χ4n) is 1.88. The van der Waals surface area contributed by atoms with Crippen LogP contribution in [0.3, 0.4) is 0 Å². The number of amides is 2. The molecule has 1 heterocycles. The van der Waals surface area contributed by atoms with Crippen LogP contribution in [0.4, 0.5) is 0 Å². The highest BCUT2D eigenvalue weighted by Gasteiger charge is 2.29. The van der Waals surface area contributed by atoms with Gasteiger partial charge < -0.3 is 10.2 Å². The van der Waals surface area contributed by atoms with Crippen molar-refractivity contribution in [3.63, 3.8) is 0 Å². The molecule has 1 saturated carbocycles. The summed E-state index contributed by atoms with van der Waals surface area (Å²) in [7, 11) is 0. The van der Waals surface area contributed by atoms with Gasteiger partial charge in [-0.2, -0.15) is 0 Å². The third kappa shape index (κ3) is 3.20. The van der Waals surface area contributed by atoms with Crippen molar-refractivity contribution in [2.24, 2.45) is 0 Å². The molecule has 1 N–H and O–H groups in total. The lowest BCUT2D eigenvalue weighted by atomic mass is 10.3. The van der Waals surface area contributed by atoms with Gasteiger partial charge in [0.05, 0.1) is 4.83 Å². The number of hydrogen-bond donors (Lipinski definition) is 1. The Hall–Kier alpha value is -0.580. The van der Waals surface area contributed by atoms with E-state index in [0.717, 1.165) is 32.2 Å². The molecule has 1 atom stereocenters. The maximum atomic E-state index is 11.5. The lowest BCUT2D eigenvalue weighted by Gasteiger charge is -2.15. The molecule has 16 heavy (non-hydrogen) atoms. The number of halogens is 1. The fraction of sp³-hybridized carbons (Fsp3) is 0.818. The molecule has 5 heteroatoms. The Bertz CT molecular complexity index is 292. The van der Waals surface area contributed by atoms with Gasteiger partial charge in [-0.25, -0.2) is 0 Å². The lowest BCUT2D eigenvalue weighted by Crippen LogP contribution is -2.30. The van der Waals surface area contributed by atoms with E-state index in [4.69, 9.17) is 0 Å². The Labute approximate surface area is 104 Å². The molecular weight excluding hydrogens is 272 g/mol. The molecule has 0 aromatic rings. The van der Waals surface area contributed by atoms with Gasteiger partial charge in [-0.15, -0.1) is 0 Å². The molecule has 2 rings (SSSR count). The molecule has 1 aliphatic carbocycles.